The number of halogens is 1. The third kappa shape index (κ3) is 3.43. The number of aliphatic hydroxyl groups excluding tert-OH is 1. The predicted molar refractivity (Wildman–Crippen MR) is 90.8 cm³/mol. The molecule has 1 unspecified atom stereocenters. The third-order valence-electron chi connectivity index (χ3n) is 4.94. The molecule has 0 bridgehead atoms. The highest BCUT2D eigenvalue weighted by Crippen LogP contribution is 2.31. The lowest BCUT2D eigenvalue weighted by Crippen LogP contribution is -2.50. The first-order valence-electron chi connectivity index (χ1n) is 8.11. The zero-order valence-electron chi connectivity index (χ0n) is 12.8. The van der Waals surface area contributed by atoms with Gasteiger partial charge in [-0.1, -0.05) is 28.8 Å². The van der Waals surface area contributed by atoms with Crippen molar-refractivity contribution in [2.45, 2.75) is 44.8 Å². The first kappa shape index (κ1) is 15.3. The standard InChI is InChI=1S/C17H25BrN2O/c1-13(21)16-12-14(18)6-7-17(16)20-10-8-19(9-11-20)15-4-2-3-5-15/h6-7,12-13,15,21H,2-5,8-11H2,1H3. The summed E-state index contributed by atoms with van der Waals surface area (Å²) in [5, 5.41) is 10.0. The van der Waals surface area contributed by atoms with E-state index >= 15 is 0 Å². The number of piperazine rings is 1. The number of rotatable bonds is 3. The van der Waals surface area contributed by atoms with Crippen LogP contribution < -0.4 is 4.90 Å². The van der Waals surface area contributed by atoms with Crippen LogP contribution >= 0.6 is 15.9 Å². The first-order valence-corrected chi connectivity index (χ1v) is 8.91. The molecule has 1 aliphatic carbocycles. The monoisotopic (exact) mass is 352 g/mol. The van der Waals surface area contributed by atoms with Gasteiger partial charge in [0.25, 0.3) is 0 Å². The molecule has 3 nitrogen and oxygen atoms in total. The Morgan fingerprint density at radius 1 is 1.14 bits per heavy atom. The van der Waals surface area contributed by atoms with Crippen LogP contribution in [0.25, 0.3) is 0 Å². The highest BCUT2D eigenvalue weighted by atomic mass is 79.9. The van der Waals surface area contributed by atoms with Crippen molar-refractivity contribution in [3.63, 3.8) is 0 Å². The molecule has 21 heavy (non-hydrogen) atoms. The van der Waals surface area contributed by atoms with Gasteiger partial charge in [0, 0.05) is 47.9 Å². The summed E-state index contributed by atoms with van der Waals surface area (Å²) in [6.45, 7) is 6.29. The topological polar surface area (TPSA) is 26.7 Å². The van der Waals surface area contributed by atoms with Crippen molar-refractivity contribution in [2.24, 2.45) is 0 Å². The summed E-state index contributed by atoms with van der Waals surface area (Å²) in [5.74, 6) is 0. The average Bonchev–Trinajstić information content (AvgIpc) is 3.01. The molecule has 1 saturated heterocycles. The fourth-order valence-corrected chi connectivity index (χ4v) is 4.12. The lowest BCUT2D eigenvalue weighted by atomic mass is 10.1. The van der Waals surface area contributed by atoms with Gasteiger partial charge in [0.05, 0.1) is 6.10 Å². The molecule has 1 aromatic rings. The van der Waals surface area contributed by atoms with E-state index in [2.05, 4.69) is 37.9 Å². The van der Waals surface area contributed by atoms with Gasteiger partial charge in [-0.05, 0) is 38.0 Å². The summed E-state index contributed by atoms with van der Waals surface area (Å²) >= 11 is 3.51. The lowest BCUT2D eigenvalue weighted by molar-refractivity contribution is 0.185. The van der Waals surface area contributed by atoms with Crippen molar-refractivity contribution in [1.82, 2.24) is 4.90 Å². The normalized spacial score (nSPS) is 22.7. The molecule has 1 heterocycles. The van der Waals surface area contributed by atoms with E-state index in [-0.39, 0.29) is 0 Å². The maximum absolute atomic E-state index is 10.0. The lowest BCUT2D eigenvalue weighted by Gasteiger charge is -2.40. The minimum atomic E-state index is -0.426. The molecular weight excluding hydrogens is 328 g/mol. The molecule has 4 heteroatoms. The molecule has 2 aliphatic rings. The fourth-order valence-electron chi connectivity index (χ4n) is 3.75. The molecule has 1 aromatic carbocycles. The van der Waals surface area contributed by atoms with Crippen LogP contribution in [0, 0.1) is 0 Å². The van der Waals surface area contributed by atoms with E-state index < -0.39 is 6.10 Å². The Labute approximate surface area is 136 Å². The van der Waals surface area contributed by atoms with Gasteiger partial charge in [-0.25, -0.2) is 0 Å². The fraction of sp³-hybridized carbons (Fsp3) is 0.647. The molecule has 116 valence electrons. The second kappa shape index (κ2) is 6.67. The van der Waals surface area contributed by atoms with E-state index in [0.717, 1.165) is 42.3 Å². The molecule has 1 atom stereocenters. The molecular formula is C17H25BrN2O. The Morgan fingerprint density at radius 2 is 1.81 bits per heavy atom. The zero-order valence-corrected chi connectivity index (χ0v) is 14.3. The van der Waals surface area contributed by atoms with Gasteiger partial charge in [0.15, 0.2) is 0 Å². The quantitative estimate of drug-likeness (QED) is 0.900. The van der Waals surface area contributed by atoms with Crippen LogP contribution in [-0.2, 0) is 0 Å². The molecule has 2 fully saturated rings. The minimum Gasteiger partial charge on any atom is -0.389 e. The van der Waals surface area contributed by atoms with Crippen molar-refractivity contribution >= 4 is 21.6 Å². The van der Waals surface area contributed by atoms with Crippen LogP contribution in [0.15, 0.2) is 22.7 Å². The maximum Gasteiger partial charge on any atom is 0.0782 e. The molecule has 1 N–H and O–H groups in total. The summed E-state index contributed by atoms with van der Waals surface area (Å²) in [7, 11) is 0. The number of benzene rings is 1. The highest BCUT2D eigenvalue weighted by molar-refractivity contribution is 9.10. The minimum absolute atomic E-state index is 0.426. The van der Waals surface area contributed by atoms with Crippen molar-refractivity contribution < 1.29 is 5.11 Å². The number of hydrogen-bond donors (Lipinski definition) is 1. The van der Waals surface area contributed by atoms with Gasteiger partial charge in [0.2, 0.25) is 0 Å². The van der Waals surface area contributed by atoms with Crippen LogP contribution in [0.4, 0.5) is 5.69 Å². The highest BCUT2D eigenvalue weighted by Gasteiger charge is 2.27. The van der Waals surface area contributed by atoms with Gasteiger partial charge in [-0.3, -0.25) is 4.90 Å². The van der Waals surface area contributed by atoms with E-state index in [1.54, 1.807) is 0 Å². The van der Waals surface area contributed by atoms with E-state index in [1.807, 2.05) is 13.0 Å². The number of anilines is 1. The summed E-state index contributed by atoms with van der Waals surface area (Å²) in [4.78, 5) is 5.10. The second-order valence-electron chi connectivity index (χ2n) is 6.34. The van der Waals surface area contributed by atoms with E-state index in [4.69, 9.17) is 0 Å². The Balaban J connectivity index is 1.69. The van der Waals surface area contributed by atoms with Crippen LogP contribution in [-0.4, -0.2) is 42.2 Å². The number of nitrogens with zero attached hydrogens (tertiary/aromatic N) is 2. The summed E-state index contributed by atoms with van der Waals surface area (Å²) in [5.41, 5.74) is 2.22. The molecule has 1 saturated carbocycles. The summed E-state index contributed by atoms with van der Waals surface area (Å²) < 4.78 is 1.03. The summed E-state index contributed by atoms with van der Waals surface area (Å²) in [6.07, 6.45) is 5.16. The molecule has 0 spiro atoms. The van der Waals surface area contributed by atoms with Crippen molar-refractivity contribution in [2.75, 3.05) is 31.1 Å². The zero-order chi connectivity index (χ0) is 14.8. The molecule has 0 aromatic heterocycles. The number of hydrogen-bond acceptors (Lipinski definition) is 3. The van der Waals surface area contributed by atoms with Gasteiger partial charge in [-0.15, -0.1) is 0 Å². The van der Waals surface area contributed by atoms with Gasteiger partial charge in [0.1, 0.15) is 0 Å². The predicted octanol–water partition coefficient (Wildman–Crippen LogP) is 3.57. The van der Waals surface area contributed by atoms with Crippen LogP contribution in [0.1, 0.15) is 44.3 Å². The molecule has 1 aliphatic heterocycles. The van der Waals surface area contributed by atoms with Crippen molar-refractivity contribution in [3.8, 4) is 0 Å². The molecule has 3 rings (SSSR count). The van der Waals surface area contributed by atoms with Crippen molar-refractivity contribution in [3.05, 3.63) is 28.2 Å². The van der Waals surface area contributed by atoms with Crippen molar-refractivity contribution in [1.29, 1.82) is 0 Å². The van der Waals surface area contributed by atoms with Crippen LogP contribution in [0.5, 0.6) is 0 Å². The Hall–Kier alpha value is -0.580. The smallest absolute Gasteiger partial charge is 0.0782 e. The van der Waals surface area contributed by atoms with Gasteiger partial charge < -0.3 is 10.0 Å². The van der Waals surface area contributed by atoms with Crippen LogP contribution in [0.2, 0.25) is 0 Å². The number of aliphatic hydroxyl groups is 1. The average molecular weight is 353 g/mol. The third-order valence-corrected chi connectivity index (χ3v) is 5.43. The largest absolute Gasteiger partial charge is 0.389 e. The van der Waals surface area contributed by atoms with E-state index in [9.17, 15) is 5.11 Å². The first-order chi connectivity index (χ1) is 10.1. The van der Waals surface area contributed by atoms with E-state index in [0.29, 0.717) is 0 Å². The van der Waals surface area contributed by atoms with E-state index in [1.165, 1.54) is 31.4 Å². The summed E-state index contributed by atoms with van der Waals surface area (Å²) in [6, 6.07) is 7.08. The Kier molecular flexibility index (Phi) is 4.87. The Bertz CT molecular complexity index is 478. The maximum atomic E-state index is 10.0. The molecule has 0 radical (unpaired) electrons. The second-order valence-corrected chi connectivity index (χ2v) is 7.26. The van der Waals surface area contributed by atoms with Gasteiger partial charge in [-0.2, -0.15) is 0 Å². The van der Waals surface area contributed by atoms with Gasteiger partial charge >= 0.3 is 0 Å². The Morgan fingerprint density at radius 3 is 2.43 bits per heavy atom. The SMILES string of the molecule is CC(O)c1cc(Br)ccc1N1CCN(C2CCCC2)CC1. The molecule has 0 amide bonds. The van der Waals surface area contributed by atoms with Crippen LogP contribution in [0.3, 0.4) is 0 Å².